The number of pyridine rings is 1. The molecule has 3 saturated heterocycles. The van der Waals surface area contributed by atoms with E-state index < -0.39 is 168 Å². The summed E-state index contributed by atoms with van der Waals surface area (Å²) in [4.78, 5) is 229. The van der Waals surface area contributed by atoms with Gasteiger partial charge in [-0.3, -0.25) is 77.4 Å². The number of unbranched alkanes of at least 4 members (excludes halogenated alkanes) is 1. The number of imide groups is 1. The van der Waals surface area contributed by atoms with E-state index in [2.05, 4.69) is 95.4 Å². The molecule has 0 saturated carbocycles. The van der Waals surface area contributed by atoms with Gasteiger partial charge in [0, 0.05) is 93.5 Å². The normalized spacial score (nSPS) is 16.9. The van der Waals surface area contributed by atoms with Crippen LogP contribution in [0.4, 0.5) is 21.0 Å². The van der Waals surface area contributed by atoms with Crippen molar-refractivity contribution in [3.63, 3.8) is 0 Å². The van der Waals surface area contributed by atoms with Gasteiger partial charge in [-0.15, -0.1) is 0 Å². The van der Waals surface area contributed by atoms with Gasteiger partial charge in [0.2, 0.25) is 82.7 Å². The number of hydrogen-bond acceptors (Lipinski definition) is 20. The maximum absolute atomic E-state index is 15.6. The van der Waals surface area contributed by atoms with Crippen molar-refractivity contribution < 1.29 is 81.8 Å². The Morgan fingerprint density at radius 2 is 1.04 bits per heavy atom. The van der Waals surface area contributed by atoms with Crippen LogP contribution < -0.4 is 96.1 Å². The number of likely N-dealkylation sites (tertiary alicyclic amines) is 1. The largest absolute Gasteiger partial charge is 0.394 e. The first-order valence-electron chi connectivity index (χ1n) is 42.6. The SMILES string of the molecule is CC(=O)N[C@H](Cc1ccc2ccccc2c1)C(=O)N[C@H](Cc1ccc(Cl)cc1)C(=O)N[C@H](Cc1cccnc1)C(=O)N[C@@H](CO)C(=O)N[C@@H](Cc1ccc(NC(=O)C2CC(=O)NC(=O)N2)cc1)C(=O)N[C@H](Cc1ccc(NC(=O)NCCNC(=O)C2CCCN2)cc1)C(=O)N[C@@H](CC(C)C)C(=O)N[C@@H](CCCCNC(C)C)C(=O)N1CCC[C@H]1C(=O)N[C@H](C)C(N)=O. The zero-order chi connectivity index (χ0) is 91.8. The monoisotopic (exact) mass is 1770 g/mol. The van der Waals surface area contributed by atoms with E-state index in [1.807, 2.05) is 56.3 Å². The molecule has 3 aliphatic heterocycles. The van der Waals surface area contributed by atoms with E-state index >= 15 is 28.8 Å². The molecule has 18 amide bonds. The number of aromatic nitrogens is 1. The number of anilines is 2. The molecule has 37 nitrogen and oxygen atoms in total. The van der Waals surface area contributed by atoms with E-state index in [1.165, 1.54) is 67.5 Å². The summed E-state index contributed by atoms with van der Waals surface area (Å²) in [7, 11) is 0. The summed E-state index contributed by atoms with van der Waals surface area (Å²) >= 11 is 6.29. The van der Waals surface area contributed by atoms with Gasteiger partial charge in [-0.1, -0.05) is 124 Å². The topological polar surface area (TPSA) is 540 Å². The van der Waals surface area contributed by atoms with Gasteiger partial charge in [-0.25, -0.2) is 9.59 Å². The van der Waals surface area contributed by atoms with Gasteiger partial charge < -0.3 is 101 Å². The molecule has 1 aromatic heterocycles. The van der Waals surface area contributed by atoms with Crippen molar-refractivity contribution in [1.82, 2.24) is 89.6 Å². The van der Waals surface area contributed by atoms with E-state index in [4.69, 9.17) is 17.3 Å². The van der Waals surface area contributed by atoms with Crippen molar-refractivity contribution in [2.45, 2.75) is 210 Å². The lowest BCUT2D eigenvalue weighted by molar-refractivity contribution is -0.142. The van der Waals surface area contributed by atoms with E-state index in [0.717, 1.165) is 23.7 Å². The summed E-state index contributed by atoms with van der Waals surface area (Å²) in [5.41, 5.74) is 8.15. The average Bonchev–Trinajstić information content (AvgIpc) is 1.63. The number of carbonyl (C=O) groups excluding carboxylic acids is 16. The van der Waals surface area contributed by atoms with Crippen LogP contribution >= 0.6 is 11.6 Å². The minimum Gasteiger partial charge on any atom is -0.394 e. The number of halogens is 1. The van der Waals surface area contributed by atoms with Gasteiger partial charge in [0.1, 0.15) is 66.5 Å². The summed E-state index contributed by atoms with van der Waals surface area (Å²) < 4.78 is 0. The first-order valence-corrected chi connectivity index (χ1v) is 43.0. The number of aliphatic hydroxyl groups excluding tert-OH is 1. The lowest BCUT2D eigenvalue weighted by Crippen LogP contribution is -2.62. The van der Waals surface area contributed by atoms with Gasteiger partial charge in [-0.05, 0) is 158 Å². The van der Waals surface area contributed by atoms with Crippen LogP contribution in [-0.4, -0.2) is 228 Å². The molecule has 9 rings (SSSR count). The second-order valence-electron chi connectivity index (χ2n) is 32.6. The van der Waals surface area contributed by atoms with Crippen LogP contribution in [0.1, 0.15) is 127 Å². The van der Waals surface area contributed by atoms with Gasteiger partial charge in [-0.2, -0.15) is 0 Å². The molecule has 20 N–H and O–H groups in total. The number of urea groups is 2. The first kappa shape index (κ1) is 97.8. The molecule has 6 aromatic rings. The Bertz CT molecular complexity index is 4850. The molecule has 2 unspecified atom stereocenters. The predicted molar refractivity (Wildman–Crippen MR) is 472 cm³/mol. The number of hydrogen-bond donors (Lipinski definition) is 19. The zero-order valence-electron chi connectivity index (χ0n) is 71.8. The highest BCUT2D eigenvalue weighted by Gasteiger charge is 2.41. The molecule has 38 heteroatoms. The van der Waals surface area contributed by atoms with Crippen molar-refractivity contribution in [3.8, 4) is 0 Å². The number of aliphatic hydroxyl groups is 1. The predicted octanol–water partition coefficient (Wildman–Crippen LogP) is 1.01. The van der Waals surface area contributed by atoms with Gasteiger partial charge in [0.25, 0.3) is 0 Å². The highest BCUT2D eigenvalue weighted by Crippen LogP contribution is 2.24. The van der Waals surface area contributed by atoms with Crippen LogP contribution in [0.3, 0.4) is 0 Å². The number of fused-ring (bicyclic) bond motifs is 1. The van der Waals surface area contributed by atoms with Gasteiger partial charge >= 0.3 is 12.1 Å². The molecule has 3 aliphatic rings. The van der Waals surface area contributed by atoms with Crippen LogP contribution in [0.2, 0.25) is 5.02 Å². The fourth-order valence-electron chi connectivity index (χ4n) is 14.8. The maximum atomic E-state index is 15.6. The van der Waals surface area contributed by atoms with Crippen molar-refractivity contribution in [1.29, 1.82) is 0 Å². The second kappa shape index (κ2) is 48.5. The van der Waals surface area contributed by atoms with Crippen LogP contribution in [-0.2, 0) is 99.2 Å². The lowest BCUT2D eigenvalue weighted by atomic mass is 9.99. The van der Waals surface area contributed by atoms with Crippen molar-refractivity contribution in [2.75, 3.05) is 50.0 Å². The van der Waals surface area contributed by atoms with Crippen molar-refractivity contribution in [2.24, 2.45) is 11.7 Å². The molecule has 5 aromatic carbocycles. The summed E-state index contributed by atoms with van der Waals surface area (Å²) in [6, 6.07) is 17.2. The van der Waals surface area contributed by atoms with E-state index in [1.54, 1.807) is 62.4 Å². The number of nitrogens with two attached hydrogens (primary N) is 1. The first-order chi connectivity index (χ1) is 60.7. The van der Waals surface area contributed by atoms with Crippen LogP contribution in [0.5, 0.6) is 0 Å². The molecular weight excluding hydrogens is 1660 g/mol. The molecule has 3 fully saturated rings. The molecule has 4 heterocycles. The highest BCUT2D eigenvalue weighted by molar-refractivity contribution is 6.30. The fourth-order valence-corrected chi connectivity index (χ4v) is 14.9. The fraction of sp³-hybridized carbons (Fsp3) is 0.449. The quantitative estimate of drug-likeness (QED) is 0.0237. The lowest BCUT2D eigenvalue weighted by Gasteiger charge is -2.31. The van der Waals surface area contributed by atoms with Crippen molar-refractivity contribution >= 4 is 129 Å². The number of rotatable bonds is 45. The van der Waals surface area contributed by atoms with Crippen LogP contribution in [0, 0.1) is 5.92 Å². The summed E-state index contributed by atoms with van der Waals surface area (Å²) in [6.45, 7) is 10.7. The Hall–Kier alpha value is -13.0. The maximum Gasteiger partial charge on any atom is 0.322 e. The number of amides is 18. The van der Waals surface area contributed by atoms with Gasteiger partial charge in [0.15, 0.2) is 0 Å². The van der Waals surface area contributed by atoms with Crippen molar-refractivity contribution in [3.05, 3.63) is 173 Å². The second-order valence-corrected chi connectivity index (χ2v) is 33.0. The number of nitrogens with one attached hydrogen (secondary N) is 17. The minimum atomic E-state index is -1.94. The molecular formula is C89H115ClN20O17. The molecule has 0 aliphatic carbocycles. The number of carbonyl (C=O) groups is 16. The smallest absolute Gasteiger partial charge is 0.322 e. The Morgan fingerprint density at radius 1 is 0.520 bits per heavy atom. The highest BCUT2D eigenvalue weighted by atomic mass is 35.5. The molecule has 0 bridgehead atoms. The number of nitrogens with zero attached hydrogens (tertiary/aromatic N) is 2. The number of primary amides is 1. The Labute approximate surface area is 740 Å². The van der Waals surface area contributed by atoms with Crippen LogP contribution in [0.25, 0.3) is 10.8 Å². The molecule has 680 valence electrons. The summed E-state index contributed by atoms with van der Waals surface area (Å²) in [6.07, 6.45) is 4.45. The molecule has 0 radical (unpaired) electrons. The Kier molecular flexibility index (Phi) is 37.3. The summed E-state index contributed by atoms with van der Waals surface area (Å²) in [5.74, 6) is -11.3. The molecule has 127 heavy (non-hydrogen) atoms. The summed E-state index contributed by atoms with van der Waals surface area (Å²) in [5, 5.41) is 59.5. The third-order valence-corrected chi connectivity index (χ3v) is 21.8. The van der Waals surface area contributed by atoms with E-state index in [9.17, 15) is 53.1 Å². The third kappa shape index (κ3) is 31.3. The van der Waals surface area contributed by atoms with E-state index in [-0.39, 0.29) is 112 Å². The van der Waals surface area contributed by atoms with Gasteiger partial charge in [0.05, 0.1) is 19.1 Å². The Morgan fingerprint density at radius 3 is 1.58 bits per heavy atom. The molecule has 0 spiro atoms. The minimum absolute atomic E-state index is 0.00194. The van der Waals surface area contributed by atoms with Crippen LogP contribution in [0.15, 0.2) is 140 Å². The number of benzene rings is 5. The van der Waals surface area contributed by atoms with E-state index in [0.29, 0.717) is 59.5 Å². The standard InChI is InChI=1S/C89H115ClN20O17/c1-50(2)40-66(79(117)101-65(17-9-10-35-93-51(3)4)87(125)110-39-13-19-74(110)86(124)97-52(5)76(91)114)102-81(119)69(43-56-25-32-63(33-26-56)100-88(126)96-38-37-95-77(115)64-18-12-36-94-64)104-83(121)70(44-55-23-30-62(31-24-55)99-78(116)72-47-75(113)109-89(127)108-72)106-85(123)73(49-111)107-84(122)71(46-58-14-11-34-92-48-58)105-82(120)68(42-54-21-28-61(90)29-22-54)103-80(118)67(98-53(6)112)45-57-20-27-59-15-7-8-16-60(59)41-57/h7-8,11,14-16,20-34,41,48,50-52,64-74,93-94,111H,9-10,12-13,17-19,35-40,42-47,49H2,1-6H3,(H2,91,114)(H,95,115)(H,97,124)(H,98,112)(H,99,116)(H,101,117)(H,102,119)(H,103,118)(H,104,121)(H,105,120)(H,106,123)(H,107,122)(H2,96,100,126)(H2,108,109,113,127)/t52-,64?,65+,66+,67-,68-,69-,70+,71-,72?,73+,74+/m1/s1. The average molecular weight is 1770 g/mol. The third-order valence-electron chi connectivity index (χ3n) is 21.5. The molecule has 12 atom stereocenters. The Balaban J connectivity index is 1.02. The zero-order valence-corrected chi connectivity index (χ0v) is 72.6.